The van der Waals surface area contributed by atoms with Crippen molar-refractivity contribution in [3.8, 4) is 0 Å². The first-order valence-corrected chi connectivity index (χ1v) is 7.42. The van der Waals surface area contributed by atoms with Crippen LogP contribution in [0.15, 0.2) is 36.4 Å². The van der Waals surface area contributed by atoms with E-state index < -0.39 is 11.6 Å². The van der Waals surface area contributed by atoms with Gasteiger partial charge in [0.05, 0.1) is 6.04 Å². The maximum Gasteiger partial charge on any atom is 0.160 e. The van der Waals surface area contributed by atoms with E-state index in [4.69, 9.17) is 23.2 Å². The van der Waals surface area contributed by atoms with E-state index in [-0.39, 0.29) is 11.1 Å². The summed E-state index contributed by atoms with van der Waals surface area (Å²) < 4.78 is 26.8. The fraction of sp³-hybridized carbons (Fsp3) is 0.250. The van der Waals surface area contributed by atoms with Crippen LogP contribution in [0.5, 0.6) is 0 Å². The van der Waals surface area contributed by atoms with Gasteiger partial charge >= 0.3 is 0 Å². The van der Waals surface area contributed by atoms with Crippen molar-refractivity contribution in [1.29, 1.82) is 0 Å². The summed E-state index contributed by atoms with van der Waals surface area (Å²) in [6.07, 6.45) is 0.891. The molecule has 0 aliphatic heterocycles. The molecule has 21 heavy (non-hydrogen) atoms. The summed E-state index contributed by atoms with van der Waals surface area (Å²) in [4.78, 5) is 0. The second-order valence-corrected chi connectivity index (χ2v) is 5.51. The van der Waals surface area contributed by atoms with Crippen LogP contribution in [0.1, 0.15) is 30.5 Å². The zero-order valence-corrected chi connectivity index (χ0v) is 13.0. The van der Waals surface area contributed by atoms with Crippen LogP contribution in [-0.4, -0.2) is 6.54 Å². The number of rotatable bonds is 5. The molecule has 1 unspecified atom stereocenters. The average Bonchev–Trinajstić information content (AvgIpc) is 2.46. The van der Waals surface area contributed by atoms with Crippen LogP contribution in [0.3, 0.4) is 0 Å². The molecule has 1 N–H and O–H groups in total. The van der Waals surface area contributed by atoms with Crippen molar-refractivity contribution in [2.24, 2.45) is 0 Å². The van der Waals surface area contributed by atoms with Gasteiger partial charge in [0.15, 0.2) is 11.6 Å². The fourth-order valence-corrected chi connectivity index (χ4v) is 2.65. The highest BCUT2D eigenvalue weighted by Gasteiger charge is 2.21. The molecule has 2 aromatic rings. The highest BCUT2D eigenvalue weighted by Crippen LogP contribution is 2.33. The van der Waals surface area contributed by atoms with Crippen molar-refractivity contribution in [2.75, 3.05) is 6.54 Å². The first-order chi connectivity index (χ1) is 10.0. The van der Waals surface area contributed by atoms with E-state index in [2.05, 4.69) is 5.32 Å². The molecule has 0 aliphatic rings. The van der Waals surface area contributed by atoms with E-state index in [1.54, 1.807) is 6.07 Å². The topological polar surface area (TPSA) is 12.0 Å². The monoisotopic (exact) mass is 329 g/mol. The number of hydrogen-bond donors (Lipinski definition) is 1. The Labute approximate surface area is 132 Å². The maximum atomic E-state index is 13.6. The summed E-state index contributed by atoms with van der Waals surface area (Å²) >= 11 is 12.3. The summed E-state index contributed by atoms with van der Waals surface area (Å²) in [5, 5.41) is 3.99. The van der Waals surface area contributed by atoms with Crippen molar-refractivity contribution < 1.29 is 8.78 Å². The summed E-state index contributed by atoms with van der Waals surface area (Å²) in [6.45, 7) is 2.72. The van der Waals surface area contributed by atoms with Gasteiger partial charge in [-0.3, -0.25) is 0 Å². The quantitative estimate of drug-likeness (QED) is 0.728. The predicted octanol–water partition coefficient (Wildman–Crippen LogP) is 5.36. The first-order valence-electron chi connectivity index (χ1n) is 6.66. The van der Waals surface area contributed by atoms with Crippen molar-refractivity contribution >= 4 is 23.2 Å². The molecular formula is C16H15Cl2F2N. The Balaban J connectivity index is 2.51. The Morgan fingerprint density at radius 1 is 1.00 bits per heavy atom. The maximum absolute atomic E-state index is 13.6. The third kappa shape index (κ3) is 3.73. The molecule has 112 valence electrons. The number of hydrogen-bond acceptors (Lipinski definition) is 1. The molecule has 2 aromatic carbocycles. The molecule has 0 bridgehead atoms. The van der Waals surface area contributed by atoms with E-state index in [1.165, 1.54) is 0 Å². The van der Waals surface area contributed by atoms with Gasteiger partial charge in [-0.05, 0) is 42.3 Å². The van der Waals surface area contributed by atoms with Gasteiger partial charge < -0.3 is 5.32 Å². The lowest BCUT2D eigenvalue weighted by atomic mass is 9.98. The number of nitrogens with one attached hydrogen (secondary N) is 1. The van der Waals surface area contributed by atoms with Crippen LogP contribution in [0.2, 0.25) is 10.0 Å². The largest absolute Gasteiger partial charge is 0.306 e. The molecule has 0 amide bonds. The Hall–Kier alpha value is -1.16. The molecule has 0 radical (unpaired) electrons. The van der Waals surface area contributed by atoms with Crippen LogP contribution in [0, 0.1) is 11.6 Å². The van der Waals surface area contributed by atoms with E-state index in [1.807, 2.05) is 25.1 Å². The molecule has 0 aromatic heterocycles. The van der Waals surface area contributed by atoms with E-state index in [0.717, 1.165) is 24.1 Å². The van der Waals surface area contributed by atoms with Crippen LogP contribution < -0.4 is 5.32 Å². The van der Waals surface area contributed by atoms with Gasteiger partial charge in [-0.25, -0.2) is 8.78 Å². The second-order valence-electron chi connectivity index (χ2n) is 4.70. The molecule has 0 spiro atoms. The summed E-state index contributed by atoms with van der Waals surface area (Å²) in [5.74, 6) is -1.89. The average molecular weight is 330 g/mol. The lowest BCUT2D eigenvalue weighted by Crippen LogP contribution is -2.24. The summed E-state index contributed by atoms with van der Waals surface area (Å²) in [5.41, 5.74) is 1.25. The van der Waals surface area contributed by atoms with Crippen molar-refractivity contribution in [2.45, 2.75) is 19.4 Å². The molecule has 0 fully saturated rings. The molecular weight excluding hydrogens is 315 g/mol. The van der Waals surface area contributed by atoms with Crippen LogP contribution in [0.4, 0.5) is 8.78 Å². The van der Waals surface area contributed by atoms with E-state index >= 15 is 0 Å². The summed E-state index contributed by atoms with van der Waals surface area (Å²) in [7, 11) is 0. The SMILES string of the molecule is CCCNC(c1ccccc1Cl)c1cc(F)c(F)cc1Cl. The highest BCUT2D eigenvalue weighted by molar-refractivity contribution is 6.32. The Morgan fingerprint density at radius 2 is 1.67 bits per heavy atom. The smallest absolute Gasteiger partial charge is 0.160 e. The van der Waals surface area contributed by atoms with Gasteiger partial charge in [0.1, 0.15) is 0 Å². The van der Waals surface area contributed by atoms with Gasteiger partial charge in [-0.15, -0.1) is 0 Å². The molecule has 0 saturated carbocycles. The molecule has 0 heterocycles. The first kappa shape index (κ1) is 16.2. The molecule has 1 nitrogen and oxygen atoms in total. The predicted molar refractivity (Wildman–Crippen MR) is 83.0 cm³/mol. The molecule has 0 saturated heterocycles. The molecule has 5 heteroatoms. The minimum atomic E-state index is -0.961. The third-order valence-corrected chi connectivity index (χ3v) is 3.84. The van der Waals surface area contributed by atoms with Crippen molar-refractivity contribution in [3.05, 3.63) is 69.2 Å². The van der Waals surface area contributed by atoms with Crippen LogP contribution >= 0.6 is 23.2 Å². The standard InChI is InChI=1S/C16H15Cl2F2N/c1-2-7-21-16(10-5-3-4-6-12(10)17)11-8-14(19)15(20)9-13(11)18/h3-6,8-9,16,21H,2,7H2,1H3. The van der Waals surface area contributed by atoms with E-state index in [0.29, 0.717) is 17.1 Å². The van der Waals surface area contributed by atoms with Crippen LogP contribution in [-0.2, 0) is 0 Å². The Kier molecular flexibility index (Phi) is 5.57. The Bertz CT molecular complexity index is 632. The minimum absolute atomic E-state index is 0.169. The van der Waals surface area contributed by atoms with Gasteiger partial charge in [0, 0.05) is 10.0 Å². The normalized spacial score (nSPS) is 12.4. The van der Waals surface area contributed by atoms with E-state index in [9.17, 15) is 8.78 Å². The zero-order chi connectivity index (χ0) is 15.4. The van der Waals surface area contributed by atoms with Crippen LogP contribution in [0.25, 0.3) is 0 Å². The summed E-state index contributed by atoms with van der Waals surface area (Å²) in [6, 6.07) is 8.98. The lowest BCUT2D eigenvalue weighted by molar-refractivity contribution is 0.503. The lowest BCUT2D eigenvalue weighted by Gasteiger charge is -2.22. The van der Waals surface area contributed by atoms with Crippen molar-refractivity contribution in [1.82, 2.24) is 5.32 Å². The van der Waals surface area contributed by atoms with Gasteiger partial charge in [-0.2, -0.15) is 0 Å². The molecule has 2 rings (SSSR count). The Morgan fingerprint density at radius 3 is 2.33 bits per heavy atom. The molecule has 1 atom stereocenters. The van der Waals surface area contributed by atoms with Gasteiger partial charge in [0.2, 0.25) is 0 Å². The zero-order valence-electron chi connectivity index (χ0n) is 11.5. The highest BCUT2D eigenvalue weighted by atomic mass is 35.5. The van der Waals surface area contributed by atoms with Gasteiger partial charge in [0.25, 0.3) is 0 Å². The second kappa shape index (κ2) is 7.21. The minimum Gasteiger partial charge on any atom is -0.306 e. The van der Waals surface area contributed by atoms with Crippen molar-refractivity contribution in [3.63, 3.8) is 0 Å². The van der Waals surface area contributed by atoms with Gasteiger partial charge in [-0.1, -0.05) is 48.3 Å². The number of halogens is 4. The fourth-order valence-electron chi connectivity index (χ4n) is 2.14. The molecule has 0 aliphatic carbocycles. The number of benzene rings is 2. The third-order valence-electron chi connectivity index (χ3n) is 3.17.